The van der Waals surface area contributed by atoms with E-state index in [1.54, 1.807) is 18.6 Å². The fraction of sp³-hybridized carbons (Fsp3) is 0.400. The molecule has 1 heterocycles. The third-order valence-corrected chi connectivity index (χ3v) is 3.05. The van der Waals surface area contributed by atoms with Crippen LogP contribution in [-0.4, -0.2) is 34.6 Å². The van der Waals surface area contributed by atoms with Crippen molar-refractivity contribution in [1.82, 2.24) is 15.0 Å². The maximum Gasteiger partial charge on any atom is 0.236 e. The normalized spacial score (nSPS) is 9.86. The first-order valence-electron chi connectivity index (χ1n) is 7.08. The highest BCUT2D eigenvalue weighted by molar-refractivity contribution is 5.49. The maximum atomic E-state index is 4.49. The lowest BCUT2D eigenvalue weighted by Gasteiger charge is -2.23. The minimum Gasteiger partial charge on any atom is -0.318 e. The summed E-state index contributed by atoms with van der Waals surface area (Å²) in [6.45, 7) is 19.6. The topological polar surface area (TPSA) is 48.4 Å². The summed E-state index contributed by atoms with van der Waals surface area (Å²) >= 11 is 0. The molecule has 1 aromatic heterocycles. The van der Waals surface area contributed by atoms with Gasteiger partial charge in [0.25, 0.3) is 0 Å². The second-order valence-corrected chi connectivity index (χ2v) is 4.14. The van der Waals surface area contributed by atoms with E-state index >= 15 is 0 Å². The fourth-order valence-electron chi connectivity index (χ4n) is 1.79. The van der Waals surface area contributed by atoms with E-state index in [2.05, 4.69) is 34.7 Å². The highest BCUT2D eigenvalue weighted by Gasteiger charge is 2.15. The molecule has 6 nitrogen and oxygen atoms in total. The summed E-state index contributed by atoms with van der Waals surface area (Å²) in [5.41, 5.74) is 0. The molecule has 0 aliphatic rings. The number of hydrogen-bond acceptors (Lipinski definition) is 6. The Hall–Kier alpha value is -2.37. The lowest BCUT2D eigenvalue weighted by atomic mass is 10.5. The predicted molar refractivity (Wildman–Crippen MR) is 89.5 cm³/mol. The van der Waals surface area contributed by atoms with Crippen LogP contribution in [0.4, 0.5) is 17.8 Å². The quantitative estimate of drug-likeness (QED) is 0.696. The Morgan fingerprint density at radius 3 is 1.05 bits per heavy atom. The second kappa shape index (κ2) is 8.04. The van der Waals surface area contributed by atoms with Crippen LogP contribution < -0.4 is 14.7 Å². The highest BCUT2D eigenvalue weighted by Crippen LogP contribution is 2.19. The van der Waals surface area contributed by atoms with Gasteiger partial charge in [0, 0.05) is 19.6 Å². The van der Waals surface area contributed by atoms with Crippen LogP contribution in [-0.2, 0) is 0 Å². The van der Waals surface area contributed by atoms with Crippen molar-refractivity contribution < 1.29 is 0 Å². The molecule has 0 saturated carbocycles. The van der Waals surface area contributed by atoms with Crippen molar-refractivity contribution in [3.8, 4) is 0 Å². The molecule has 0 fully saturated rings. The number of aromatic nitrogens is 3. The first kappa shape index (κ1) is 16.7. The van der Waals surface area contributed by atoms with E-state index < -0.39 is 0 Å². The van der Waals surface area contributed by atoms with Crippen LogP contribution in [0.5, 0.6) is 0 Å². The van der Waals surface area contributed by atoms with Gasteiger partial charge in [0.2, 0.25) is 17.8 Å². The van der Waals surface area contributed by atoms with E-state index in [9.17, 15) is 0 Å². The molecule has 0 amide bonds. The summed E-state index contributed by atoms with van der Waals surface area (Å²) in [4.78, 5) is 19.1. The SMILES string of the molecule is C=CN(CC)c1nc(N(C=C)CC)nc(N(C=C)CC)n1. The van der Waals surface area contributed by atoms with Gasteiger partial charge in [-0.2, -0.15) is 15.0 Å². The monoisotopic (exact) mass is 288 g/mol. The van der Waals surface area contributed by atoms with E-state index in [4.69, 9.17) is 0 Å². The van der Waals surface area contributed by atoms with E-state index in [1.165, 1.54) is 0 Å². The third kappa shape index (κ3) is 3.81. The average molecular weight is 288 g/mol. The Balaban J connectivity index is 3.40. The van der Waals surface area contributed by atoms with E-state index in [1.807, 2.05) is 35.5 Å². The molecular weight excluding hydrogens is 264 g/mol. The number of nitrogens with zero attached hydrogens (tertiary/aromatic N) is 6. The van der Waals surface area contributed by atoms with E-state index in [-0.39, 0.29) is 0 Å². The van der Waals surface area contributed by atoms with Crippen LogP contribution in [0.1, 0.15) is 20.8 Å². The molecule has 0 spiro atoms. The molecule has 0 radical (unpaired) electrons. The van der Waals surface area contributed by atoms with Crippen molar-refractivity contribution in [2.45, 2.75) is 20.8 Å². The molecule has 114 valence electrons. The van der Waals surface area contributed by atoms with Gasteiger partial charge in [-0.05, 0) is 39.4 Å². The molecule has 1 rings (SSSR count). The molecule has 0 bridgehead atoms. The van der Waals surface area contributed by atoms with Crippen molar-refractivity contribution in [2.75, 3.05) is 34.3 Å². The molecule has 6 heteroatoms. The van der Waals surface area contributed by atoms with E-state index in [0.29, 0.717) is 17.8 Å². The molecule has 0 atom stereocenters. The Kier molecular flexibility index (Phi) is 6.39. The van der Waals surface area contributed by atoms with Crippen LogP contribution in [0.25, 0.3) is 0 Å². The number of anilines is 3. The highest BCUT2D eigenvalue weighted by atomic mass is 15.4. The Morgan fingerprint density at radius 1 is 0.667 bits per heavy atom. The van der Waals surface area contributed by atoms with Gasteiger partial charge in [0.05, 0.1) is 0 Å². The third-order valence-electron chi connectivity index (χ3n) is 3.05. The molecule has 21 heavy (non-hydrogen) atoms. The lowest BCUT2D eigenvalue weighted by Crippen LogP contribution is -2.26. The summed E-state index contributed by atoms with van der Waals surface area (Å²) in [6.07, 6.45) is 5.12. The molecule has 0 aliphatic heterocycles. The first-order chi connectivity index (χ1) is 10.1. The molecular formula is C15H24N6. The van der Waals surface area contributed by atoms with Crippen LogP contribution in [0.15, 0.2) is 38.3 Å². The van der Waals surface area contributed by atoms with Crippen LogP contribution in [0, 0.1) is 0 Å². The Labute approximate surface area is 127 Å². The largest absolute Gasteiger partial charge is 0.318 e. The molecule has 1 aromatic rings. The molecule has 0 unspecified atom stereocenters. The molecule has 0 aromatic carbocycles. The minimum atomic E-state index is 0.563. The summed E-state index contributed by atoms with van der Waals surface area (Å²) in [5.74, 6) is 1.69. The number of hydrogen-bond donors (Lipinski definition) is 0. The first-order valence-corrected chi connectivity index (χ1v) is 7.08. The van der Waals surface area contributed by atoms with Crippen molar-refractivity contribution in [2.24, 2.45) is 0 Å². The molecule has 0 saturated heterocycles. The minimum absolute atomic E-state index is 0.563. The smallest absolute Gasteiger partial charge is 0.236 e. The van der Waals surface area contributed by atoms with Crippen molar-refractivity contribution >= 4 is 17.8 Å². The maximum absolute atomic E-state index is 4.49. The van der Waals surface area contributed by atoms with Crippen molar-refractivity contribution in [1.29, 1.82) is 0 Å². The zero-order valence-corrected chi connectivity index (χ0v) is 13.2. The van der Waals surface area contributed by atoms with Crippen molar-refractivity contribution in [3.63, 3.8) is 0 Å². The summed E-state index contributed by atoms with van der Waals surface area (Å²) < 4.78 is 0. The number of rotatable bonds is 9. The summed E-state index contributed by atoms with van der Waals surface area (Å²) in [7, 11) is 0. The average Bonchev–Trinajstić information content (AvgIpc) is 2.51. The van der Waals surface area contributed by atoms with Crippen LogP contribution >= 0.6 is 0 Å². The van der Waals surface area contributed by atoms with Gasteiger partial charge < -0.3 is 14.7 Å². The second-order valence-electron chi connectivity index (χ2n) is 4.14. The van der Waals surface area contributed by atoms with Gasteiger partial charge in [-0.25, -0.2) is 0 Å². The van der Waals surface area contributed by atoms with Crippen LogP contribution in [0.3, 0.4) is 0 Å². The lowest BCUT2D eigenvalue weighted by molar-refractivity contribution is 0.849. The van der Waals surface area contributed by atoms with Gasteiger partial charge in [-0.1, -0.05) is 19.7 Å². The van der Waals surface area contributed by atoms with Gasteiger partial charge in [0.1, 0.15) is 0 Å². The van der Waals surface area contributed by atoms with Crippen molar-refractivity contribution in [3.05, 3.63) is 38.3 Å². The summed E-state index contributed by atoms with van der Waals surface area (Å²) in [6, 6.07) is 0. The standard InChI is InChI=1S/C15H24N6/c1-7-19(8-2)13-16-14(20(9-3)10-4)18-15(17-13)21(11-5)12-6/h7,9,11H,1,3,5,8,10,12H2,2,4,6H3. The fourth-order valence-corrected chi connectivity index (χ4v) is 1.79. The Morgan fingerprint density at radius 2 is 0.905 bits per heavy atom. The molecule has 0 N–H and O–H groups in total. The van der Waals surface area contributed by atoms with Gasteiger partial charge in [-0.3, -0.25) is 0 Å². The summed E-state index contributed by atoms with van der Waals surface area (Å²) in [5, 5.41) is 0. The zero-order valence-electron chi connectivity index (χ0n) is 13.2. The van der Waals surface area contributed by atoms with E-state index in [0.717, 1.165) is 19.6 Å². The molecule has 0 aliphatic carbocycles. The van der Waals surface area contributed by atoms with Gasteiger partial charge in [-0.15, -0.1) is 0 Å². The Bertz CT molecular complexity index is 415. The predicted octanol–water partition coefficient (Wildman–Crippen LogP) is 2.78. The van der Waals surface area contributed by atoms with Gasteiger partial charge >= 0.3 is 0 Å². The zero-order chi connectivity index (χ0) is 15.8. The van der Waals surface area contributed by atoms with Crippen LogP contribution in [0.2, 0.25) is 0 Å². The van der Waals surface area contributed by atoms with Gasteiger partial charge in [0.15, 0.2) is 0 Å².